The maximum absolute atomic E-state index is 12.3. The normalized spacial score (nSPS) is 10.8. The first-order valence-electron chi connectivity index (χ1n) is 8.93. The van der Waals surface area contributed by atoms with Gasteiger partial charge in [0.2, 0.25) is 0 Å². The summed E-state index contributed by atoms with van der Waals surface area (Å²) in [6, 6.07) is 10.9. The Morgan fingerprint density at radius 1 is 1.21 bits per heavy atom. The predicted molar refractivity (Wildman–Crippen MR) is 109 cm³/mol. The van der Waals surface area contributed by atoms with E-state index in [1.54, 1.807) is 18.4 Å². The van der Waals surface area contributed by atoms with Crippen LogP contribution in [0.1, 0.15) is 21.1 Å². The number of ether oxygens (including phenoxy) is 1. The molecule has 8 heteroatoms. The third kappa shape index (κ3) is 5.11. The fraction of sp³-hybridized carbons (Fsp3) is 0.300. The van der Waals surface area contributed by atoms with Gasteiger partial charge in [0.25, 0.3) is 11.5 Å². The summed E-state index contributed by atoms with van der Waals surface area (Å²) in [6.07, 6.45) is 0.700. The molecule has 0 saturated heterocycles. The summed E-state index contributed by atoms with van der Waals surface area (Å²) >= 11 is 1.63. The molecule has 1 aromatic carbocycles. The summed E-state index contributed by atoms with van der Waals surface area (Å²) in [5.74, 6) is -0.305. The van der Waals surface area contributed by atoms with E-state index in [2.05, 4.69) is 15.4 Å². The van der Waals surface area contributed by atoms with E-state index in [9.17, 15) is 9.59 Å². The van der Waals surface area contributed by atoms with Crippen LogP contribution < -0.4 is 10.9 Å². The molecule has 3 rings (SSSR count). The fourth-order valence-corrected chi connectivity index (χ4v) is 3.28. The number of carbonyl (C=O) groups is 1. The van der Waals surface area contributed by atoms with E-state index in [0.29, 0.717) is 26.1 Å². The Hall–Kier alpha value is -2.84. The second-order valence-electron chi connectivity index (χ2n) is 6.23. The van der Waals surface area contributed by atoms with E-state index < -0.39 is 0 Å². The average Bonchev–Trinajstić information content (AvgIpc) is 3.14. The van der Waals surface area contributed by atoms with Crippen LogP contribution in [0.5, 0.6) is 0 Å². The van der Waals surface area contributed by atoms with Crippen molar-refractivity contribution in [2.24, 2.45) is 0 Å². The number of rotatable bonds is 8. The molecular weight excluding hydrogens is 376 g/mol. The number of nitrogens with zero attached hydrogens (tertiary/aromatic N) is 3. The molecule has 1 amide bonds. The number of carbonyl (C=O) groups excluding carboxylic acids is 1. The van der Waals surface area contributed by atoms with Crippen molar-refractivity contribution < 1.29 is 9.53 Å². The molecule has 7 nitrogen and oxygen atoms in total. The molecule has 0 saturated carbocycles. The lowest BCUT2D eigenvalue weighted by Crippen LogP contribution is -2.31. The van der Waals surface area contributed by atoms with E-state index in [-0.39, 0.29) is 17.2 Å². The topological polar surface area (TPSA) is 86.1 Å². The van der Waals surface area contributed by atoms with Crippen LogP contribution in [0.25, 0.3) is 11.3 Å². The zero-order valence-electron chi connectivity index (χ0n) is 15.8. The van der Waals surface area contributed by atoms with Crippen molar-refractivity contribution in [3.05, 3.63) is 68.4 Å². The number of hydrogen-bond acceptors (Lipinski definition) is 6. The second kappa shape index (κ2) is 9.38. The standard InChI is InChI=1S/C20H22N4O3S/c1-14-22-18(13-28-14)16-5-3-15(4-6-16)9-10-21-20(26)17-7-8-19(25)24(23-17)11-12-27-2/h3-8,13H,9-12H2,1-2H3,(H,21,26). The van der Waals surface area contributed by atoms with E-state index in [4.69, 9.17) is 4.74 Å². The minimum absolute atomic E-state index is 0.213. The number of aromatic nitrogens is 3. The highest BCUT2D eigenvalue weighted by molar-refractivity contribution is 7.09. The van der Waals surface area contributed by atoms with Crippen molar-refractivity contribution in [2.75, 3.05) is 20.3 Å². The molecule has 0 aliphatic rings. The van der Waals surface area contributed by atoms with Crippen molar-refractivity contribution in [1.82, 2.24) is 20.1 Å². The molecule has 0 bridgehead atoms. The van der Waals surface area contributed by atoms with Gasteiger partial charge in [0.1, 0.15) is 5.69 Å². The smallest absolute Gasteiger partial charge is 0.271 e. The van der Waals surface area contributed by atoms with Gasteiger partial charge in [-0.25, -0.2) is 9.67 Å². The van der Waals surface area contributed by atoms with E-state index >= 15 is 0 Å². The highest BCUT2D eigenvalue weighted by Gasteiger charge is 2.09. The quantitative estimate of drug-likeness (QED) is 0.629. The van der Waals surface area contributed by atoms with Crippen LogP contribution in [0.2, 0.25) is 0 Å². The van der Waals surface area contributed by atoms with Crippen LogP contribution in [-0.2, 0) is 17.7 Å². The van der Waals surface area contributed by atoms with Gasteiger partial charge in [-0.1, -0.05) is 24.3 Å². The SMILES string of the molecule is COCCn1nc(C(=O)NCCc2ccc(-c3csc(C)n3)cc2)ccc1=O. The summed E-state index contributed by atoms with van der Waals surface area (Å²) in [6.45, 7) is 3.13. The number of benzene rings is 1. The van der Waals surface area contributed by atoms with Crippen LogP contribution in [0.3, 0.4) is 0 Å². The van der Waals surface area contributed by atoms with Crippen molar-refractivity contribution in [3.63, 3.8) is 0 Å². The van der Waals surface area contributed by atoms with Crippen molar-refractivity contribution in [3.8, 4) is 11.3 Å². The summed E-state index contributed by atoms with van der Waals surface area (Å²) in [7, 11) is 1.55. The predicted octanol–water partition coefficient (Wildman–Crippen LogP) is 2.29. The molecule has 0 spiro atoms. The number of aryl methyl sites for hydroxylation is 1. The molecule has 0 aliphatic carbocycles. The minimum atomic E-state index is -0.305. The van der Waals surface area contributed by atoms with Gasteiger partial charge < -0.3 is 10.1 Å². The molecule has 1 N–H and O–H groups in total. The molecular formula is C20H22N4O3S. The Morgan fingerprint density at radius 3 is 2.68 bits per heavy atom. The summed E-state index contributed by atoms with van der Waals surface area (Å²) in [5, 5.41) is 10.0. The summed E-state index contributed by atoms with van der Waals surface area (Å²) < 4.78 is 6.18. The Bertz CT molecular complexity index is 995. The van der Waals surface area contributed by atoms with Gasteiger partial charge >= 0.3 is 0 Å². The van der Waals surface area contributed by atoms with Crippen LogP contribution in [-0.4, -0.2) is 40.9 Å². The first-order chi connectivity index (χ1) is 13.6. The van der Waals surface area contributed by atoms with Gasteiger partial charge in [-0.05, 0) is 25.0 Å². The number of hydrogen-bond donors (Lipinski definition) is 1. The van der Waals surface area contributed by atoms with E-state index in [0.717, 1.165) is 21.8 Å². The molecule has 0 unspecified atom stereocenters. The largest absolute Gasteiger partial charge is 0.383 e. The molecule has 2 aromatic heterocycles. The summed E-state index contributed by atoms with van der Waals surface area (Å²) in [4.78, 5) is 28.5. The summed E-state index contributed by atoms with van der Waals surface area (Å²) in [5.41, 5.74) is 3.14. The lowest BCUT2D eigenvalue weighted by Gasteiger charge is -2.08. The molecule has 28 heavy (non-hydrogen) atoms. The van der Waals surface area contributed by atoms with Gasteiger partial charge in [0.15, 0.2) is 0 Å². The van der Waals surface area contributed by atoms with Crippen LogP contribution in [0, 0.1) is 6.92 Å². The monoisotopic (exact) mass is 398 g/mol. The lowest BCUT2D eigenvalue weighted by molar-refractivity contribution is 0.0945. The third-order valence-corrected chi connectivity index (χ3v) is 4.95. The highest BCUT2D eigenvalue weighted by Crippen LogP contribution is 2.21. The van der Waals surface area contributed by atoms with Crippen molar-refractivity contribution in [2.45, 2.75) is 19.9 Å². The Balaban J connectivity index is 1.54. The lowest BCUT2D eigenvalue weighted by atomic mass is 10.1. The van der Waals surface area contributed by atoms with Crippen LogP contribution in [0.15, 0.2) is 46.6 Å². The molecule has 0 aliphatic heterocycles. The van der Waals surface area contributed by atoms with Gasteiger partial charge in [-0.2, -0.15) is 5.10 Å². The highest BCUT2D eigenvalue weighted by atomic mass is 32.1. The van der Waals surface area contributed by atoms with Gasteiger partial charge in [0.05, 0.1) is 23.9 Å². The number of methoxy groups -OCH3 is 1. The Kier molecular flexibility index (Phi) is 6.67. The molecule has 0 radical (unpaired) electrons. The first kappa shape index (κ1) is 19.9. The van der Waals surface area contributed by atoms with Crippen molar-refractivity contribution >= 4 is 17.2 Å². The first-order valence-corrected chi connectivity index (χ1v) is 9.81. The van der Waals surface area contributed by atoms with Gasteiger partial charge in [-0.15, -0.1) is 11.3 Å². The maximum Gasteiger partial charge on any atom is 0.271 e. The maximum atomic E-state index is 12.3. The number of nitrogens with one attached hydrogen (secondary N) is 1. The molecule has 0 atom stereocenters. The average molecular weight is 398 g/mol. The molecule has 3 aromatic rings. The Labute approximate surface area is 167 Å². The van der Waals surface area contributed by atoms with Crippen LogP contribution in [0.4, 0.5) is 0 Å². The third-order valence-electron chi connectivity index (χ3n) is 4.17. The zero-order valence-corrected chi connectivity index (χ0v) is 16.7. The fourth-order valence-electron chi connectivity index (χ4n) is 2.66. The molecule has 146 valence electrons. The van der Waals surface area contributed by atoms with Crippen molar-refractivity contribution in [1.29, 1.82) is 0 Å². The minimum Gasteiger partial charge on any atom is -0.383 e. The molecule has 2 heterocycles. The van der Waals surface area contributed by atoms with E-state index in [1.165, 1.54) is 16.8 Å². The second-order valence-corrected chi connectivity index (χ2v) is 7.29. The zero-order chi connectivity index (χ0) is 19.9. The van der Waals surface area contributed by atoms with Gasteiger partial charge in [-0.3, -0.25) is 9.59 Å². The van der Waals surface area contributed by atoms with Gasteiger partial charge in [0, 0.05) is 30.7 Å². The molecule has 0 fully saturated rings. The van der Waals surface area contributed by atoms with Crippen LogP contribution >= 0.6 is 11.3 Å². The van der Waals surface area contributed by atoms with E-state index in [1.807, 2.05) is 36.6 Å². The Morgan fingerprint density at radius 2 is 2.00 bits per heavy atom. The number of amides is 1. The number of thiazole rings is 1.